The van der Waals surface area contributed by atoms with Crippen LogP contribution >= 0.6 is 0 Å². The summed E-state index contributed by atoms with van der Waals surface area (Å²) in [5.41, 5.74) is 1.06. The van der Waals surface area contributed by atoms with Gasteiger partial charge in [-0.15, -0.1) is 0 Å². The molecule has 0 radical (unpaired) electrons. The third kappa shape index (κ3) is 4.20. The van der Waals surface area contributed by atoms with Gasteiger partial charge in [-0.3, -0.25) is 4.79 Å². The van der Waals surface area contributed by atoms with Gasteiger partial charge < -0.3 is 10.1 Å². The number of nitrogens with zero attached hydrogens (tertiary/aromatic N) is 2. The van der Waals surface area contributed by atoms with Crippen LogP contribution in [0.25, 0.3) is 0 Å². The zero-order valence-corrected chi connectivity index (χ0v) is 13.4. The Kier molecular flexibility index (Phi) is 4.74. The number of nitrogens with one attached hydrogen (secondary N) is 1. The van der Waals surface area contributed by atoms with E-state index in [9.17, 15) is 13.6 Å². The maximum Gasteiger partial charge on any atom is 0.276 e. The van der Waals surface area contributed by atoms with Crippen molar-refractivity contribution in [3.63, 3.8) is 0 Å². The minimum atomic E-state index is -0.523. The van der Waals surface area contributed by atoms with Crippen LogP contribution in [0.5, 0.6) is 5.75 Å². The highest BCUT2D eigenvalue weighted by atomic mass is 19.1. The molecule has 1 amide bonds. The lowest BCUT2D eigenvalue weighted by Gasteiger charge is -2.07. The summed E-state index contributed by atoms with van der Waals surface area (Å²) in [4.78, 5) is 12.2. The average Bonchev–Trinajstić information content (AvgIpc) is 3.07. The number of hydrogen-bond acceptors (Lipinski definition) is 3. The molecule has 25 heavy (non-hydrogen) atoms. The zero-order chi connectivity index (χ0) is 17.8. The van der Waals surface area contributed by atoms with Gasteiger partial charge in [0.25, 0.3) is 5.91 Å². The summed E-state index contributed by atoms with van der Waals surface area (Å²) in [5, 5.41) is 6.56. The Balaban J connectivity index is 1.63. The smallest absolute Gasteiger partial charge is 0.276 e. The fourth-order valence-electron chi connectivity index (χ4n) is 2.15. The lowest BCUT2D eigenvalue weighted by atomic mass is 10.2. The molecule has 0 fully saturated rings. The molecule has 3 aromatic rings. The standard InChI is InChI=1S/C18H15F2N3O2/c1-12-2-7-15(20)17(10-12)21-18(24)16-8-9-23(22-16)11-25-14-5-3-13(19)4-6-14/h2-10H,11H2,1H3,(H,21,24). The minimum Gasteiger partial charge on any atom is -0.471 e. The van der Waals surface area contributed by atoms with Gasteiger partial charge in [0.05, 0.1) is 5.69 Å². The number of carbonyl (C=O) groups is 1. The molecule has 0 bridgehead atoms. The number of halogens is 2. The monoisotopic (exact) mass is 343 g/mol. The number of benzene rings is 2. The van der Waals surface area contributed by atoms with Gasteiger partial charge in [-0.25, -0.2) is 13.5 Å². The van der Waals surface area contributed by atoms with Crippen molar-refractivity contribution in [3.8, 4) is 5.75 Å². The van der Waals surface area contributed by atoms with Gasteiger partial charge in [0, 0.05) is 6.20 Å². The highest BCUT2D eigenvalue weighted by Crippen LogP contribution is 2.16. The lowest BCUT2D eigenvalue weighted by molar-refractivity contribution is 0.101. The fourth-order valence-corrected chi connectivity index (χ4v) is 2.15. The van der Waals surface area contributed by atoms with Crippen molar-refractivity contribution in [1.29, 1.82) is 0 Å². The van der Waals surface area contributed by atoms with Crippen LogP contribution in [0.1, 0.15) is 16.1 Å². The second kappa shape index (κ2) is 7.12. The first-order valence-corrected chi connectivity index (χ1v) is 7.50. The molecular weight excluding hydrogens is 328 g/mol. The average molecular weight is 343 g/mol. The summed E-state index contributed by atoms with van der Waals surface area (Å²) in [6.45, 7) is 1.86. The number of amides is 1. The molecule has 0 aliphatic rings. The molecule has 0 aliphatic carbocycles. The quantitative estimate of drug-likeness (QED) is 0.767. The Morgan fingerprint density at radius 1 is 1.16 bits per heavy atom. The number of aryl methyl sites for hydroxylation is 1. The van der Waals surface area contributed by atoms with Crippen molar-refractivity contribution < 1.29 is 18.3 Å². The molecule has 2 aromatic carbocycles. The Bertz CT molecular complexity index is 892. The summed E-state index contributed by atoms with van der Waals surface area (Å²) in [6, 6.07) is 11.5. The van der Waals surface area contributed by atoms with Crippen molar-refractivity contribution in [2.24, 2.45) is 0 Å². The second-order valence-electron chi connectivity index (χ2n) is 5.41. The molecule has 128 valence electrons. The summed E-state index contributed by atoms with van der Waals surface area (Å²) >= 11 is 0. The van der Waals surface area contributed by atoms with Crippen LogP contribution < -0.4 is 10.1 Å². The number of ether oxygens (including phenoxy) is 1. The van der Waals surface area contributed by atoms with Crippen LogP contribution in [0, 0.1) is 18.6 Å². The van der Waals surface area contributed by atoms with Crippen LogP contribution in [0.2, 0.25) is 0 Å². The molecule has 1 heterocycles. The van der Waals surface area contributed by atoms with E-state index >= 15 is 0 Å². The van der Waals surface area contributed by atoms with E-state index in [1.54, 1.807) is 25.3 Å². The van der Waals surface area contributed by atoms with Crippen molar-refractivity contribution >= 4 is 11.6 Å². The molecule has 0 saturated heterocycles. The third-order valence-corrected chi connectivity index (χ3v) is 3.42. The predicted molar refractivity (Wildman–Crippen MR) is 88.3 cm³/mol. The molecule has 1 N–H and O–H groups in total. The first-order valence-electron chi connectivity index (χ1n) is 7.50. The van der Waals surface area contributed by atoms with Gasteiger partial charge in [0.2, 0.25) is 0 Å². The summed E-state index contributed by atoms with van der Waals surface area (Å²) in [6.07, 6.45) is 1.56. The van der Waals surface area contributed by atoms with Crippen LogP contribution in [0.4, 0.5) is 14.5 Å². The van der Waals surface area contributed by atoms with Gasteiger partial charge >= 0.3 is 0 Å². The van der Waals surface area contributed by atoms with Gasteiger partial charge in [-0.1, -0.05) is 6.07 Å². The fraction of sp³-hybridized carbons (Fsp3) is 0.111. The van der Waals surface area contributed by atoms with Crippen molar-refractivity contribution in [2.45, 2.75) is 13.7 Å². The van der Waals surface area contributed by atoms with Crippen molar-refractivity contribution in [2.75, 3.05) is 5.32 Å². The maximum absolute atomic E-state index is 13.7. The minimum absolute atomic E-state index is 0.0533. The van der Waals surface area contributed by atoms with E-state index in [1.807, 2.05) is 0 Å². The molecule has 7 heteroatoms. The van der Waals surface area contributed by atoms with Gasteiger partial charge in [-0.05, 0) is 55.0 Å². The summed E-state index contributed by atoms with van der Waals surface area (Å²) < 4.78 is 33.4. The number of hydrogen-bond donors (Lipinski definition) is 1. The first kappa shape index (κ1) is 16.6. The largest absolute Gasteiger partial charge is 0.471 e. The third-order valence-electron chi connectivity index (χ3n) is 3.42. The topological polar surface area (TPSA) is 56.2 Å². The van der Waals surface area contributed by atoms with E-state index in [1.165, 1.54) is 41.1 Å². The molecule has 3 rings (SSSR count). The van der Waals surface area contributed by atoms with E-state index in [0.29, 0.717) is 5.75 Å². The van der Waals surface area contributed by atoms with E-state index in [-0.39, 0.29) is 23.9 Å². The highest BCUT2D eigenvalue weighted by molar-refractivity contribution is 6.02. The van der Waals surface area contributed by atoms with Crippen LogP contribution in [-0.2, 0) is 6.73 Å². The SMILES string of the molecule is Cc1ccc(F)c(NC(=O)c2ccn(COc3ccc(F)cc3)n2)c1. The van der Waals surface area contributed by atoms with Gasteiger partial charge in [0.1, 0.15) is 17.4 Å². The Hall–Kier alpha value is -3.22. The number of aromatic nitrogens is 2. The second-order valence-corrected chi connectivity index (χ2v) is 5.41. The molecule has 0 unspecified atom stereocenters. The molecule has 0 aliphatic heterocycles. The maximum atomic E-state index is 13.7. The predicted octanol–water partition coefficient (Wildman–Crippen LogP) is 3.76. The van der Waals surface area contributed by atoms with E-state index in [4.69, 9.17) is 4.74 Å². The first-order chi connectivity index (χ1) is 12.0. The molecule has 1 aromatic heterocycles. The zero-order valence-electron chi connectivity index (χ0n) is 13.4. The van der Waals surface area contributed by atoms with E-state index < -0.39 is 11.7 Å². The van der Waals surface area contributed by atoms with Crippen molar-refractivity contribution in [1.82, 2.24) is 9.78 Å². The van der Waals surface area contributed by atoms with Crippen molar-refractivity contribution in [3.05, 3.63) is 77.6 Å². The highest BCUT2D eigenvalue weighted by Gasteiger charge is 2.12. The Labute approximate surface area is 142 Å². The normalized spacial score (nSPS) is 10.5. The molecule has 5 nitrogen and oxygen atoms in total. The summed E-state index contributed by atoms with van der Waals surface area (Å²) in [5.74, 6) is -0.915. The molecular formula is C18H15F2N3O2. The Morgan fingerprint density at radius 3 is 2.68 bits per heavy atom. The molecule has 0 spiro atoms. The van der Waals surface area contributed by atoms with Crippen LogP contribution in [0.15, 0.2) is 54.7 Å². The number of carbonyl (C=O) groups excluding carboxylic acids is 1. The number of anilines is 1. The van der Waals surface area contributed by atoms with Crippen LogP contribution in [-0.4, -0.2) is 15.7 Å². The van der Waals surface area contributed by atoms with Crippen LogP contribution in [0.3, 0.4) is 0 Å². The Morgan fingerprint density at radius 2 is 1.92 bits per heavy atom. The molecule has 0 atom stereocenters. The van der Waals surface area contributed by atoms with Gasteiger partial charge in [0.15, 0.2) is 12.4 Å². The van der Waals surface area contributed by atoms with E-state index in [0.717, 1.165) is 5.56 Å². The summed E-state index contributed by atoms with van der Waals surface area (Å²) in [7, 11) is 0. The number of rotatable bonds is 5. The lowest BCUT2D eigenvalue weighted by Crippen LogP contribution is -2.15. The van der Waals surface area contributed by atoms with Gasteiger partial charge in [-0.2, -0.15) is 5.10 Å². The van der Waals surface area contributed by atoms with E-state index in [2.05, 4.69) is 10.4 Å². The molecule has 0 saturated carbocycles.